The molecule has 1 atom stereocenters. The number of nitrogens with one attached hydrogen (secondary N) is 1. The molecule has 29 heavy (non-hydrogen) atoms. The highest BCUT2D eigenvalue weighted by Gasteiger charge is 2.32. The summed E-state index contributed by atoms with van der Waals surface area (Å²) < 4.78 is 11.8. The molecule has 2 heterocycles. The van der Waals surface area contributed by atoms with E-state index < -0.39 is 5.54 Å². The van der Waals surface area contributed by atoms with Gasteiger partial charge in [0.05, 0.1) is 24.8 Å². The lowest BCUT2D eigenvalue weighted by molar-refractivity contribution is -0.178. The minimum absolute atomic E-state index is 0.0922. The van der Waals surface area contributed by atoms with Gasteiger partial charge in [0.1, 0.15) is 12.0 Å². The number of imide groups is 1. The van der Waals surface area contributed by atoms with Gasteiger partial charge in [0, 0.05) is 31.7 Å². The first-order valence-electron chi connectivity index (χ1n) is 9.36. The first kappa shape index (κ1) is 22.4. The lowest BCUT2D eigenvalue weighted by atomic mass is 10.1. The molecule has 10 nitrogen and oxygen atoms in total. The molecule has 0 aliphatic carbocycles. The van der Waals surface area contributed by atoms with Crippen LogP contribution in [-0.2, 0) is 30.5 Å². The topological polar surface area (TPSA) is 120 Å². The summed E-state index contributed by atoms with van der Waals surface area (Å²) in [5, 5.41) is 3.58. The van der Waals surface area contributed by atoms with Crippen molar-refractivity contribution in [3.8, 4) is 0 Å². The Morgan fingerprint density at radius 1 is 1.31 bits per heavy atom. The van der Waals surface area contributed by atoms with Crippen LogP contribution in [0.1, 0.15) is 46.5 Å². The molecule has 0 bridgehead atoms. The van der Waals surface area contributed by atoms with Crippen molar-refractivity contribution in [2.75, 3.05) is 6.61 Å². The van der Waals surface area contributed by atoms with Crippen LogP contribution in [0.3, 0.4) is 0 Å². The Kier molecular flexibility index (Phi) is 7.38. The van der Waals surface area contributed by atoms with Crippen molar-refractivity contribution in [3.63, 3.8) is 0 Å². The van der Waals surface area contributed by atoms with E-state index in [1.165, 1.54) is 12.3 Å². The van der Waals surface area contributed by atoms with E-state index in [1.54, 1.807) is 6.92 Å². The van der Waals surface area contributed by atoms with Gasteiger partial charge < -0.3 is 19.4 Å². The fraction of sp³-hybridized carbons (Fsp3) is 0.579. The Morgan fingerprint density at radius 2 is 1.97 bits per heavy atom. The molecule has 1 aliphatic rings. The van der Waals surface area contributed by atoms with Gasteiger partial charge in [0.15, 0.2) is 0 Å². The summed E-state index contributed by atoms with van der Waals surface area (Å²) in [6.07, 6.45) is 1.61. The van der Waals surface area contributed by atoms with Crippen LogP contribution in [0, 0.1) is 0 Å². The average Bonchev–Trinajstić information content (AvgIpc) is 3.18. The molecule has 2 rings (SSSR count). The molecular weight excluding hydrogens is 382 g/mol. The third kappa shape index (κ3) is 6.90. The smallest absolute Gasteiger partial charge is 0.282 e. The number of ether oxygens (including phenoxy) is 1. The van der Waals surface area contributed by atoms with Crippen LogP contribution in [0.15, 0.2) is 34.0 Å². The monoisotopic (exact) mass is 409 g/mol. The van der Waals surface area contributed by atoms with Crippen molar-refractivity contribution in [1.82, 2.24) is 15.1 Å². The van der Waals surface area contributed by atoms with Gasteiger partial charge in [-0.05, 0) is 20.8 Å². The Morgan fingerprint density at radius 3 is 2.55 bits per heavy atom. The summed E-state index contributed by atoms with van der Waals surface area (Å²) in [5.74, 6) is -0.768. The van der Waals surface area contributed by atoms with Crippen molar-refractivity contribution < 1.29 is 28.5 Å². The van der Waals surface area contributed by atoms with E-state index in [9.17, 15) is 19.2 Å². The molecule has 0 saturated carbocycles. The second kappa shape index (κ2) is 9.55. The highest BCUT2D eigenvalue weighted by Crippen LogP contribution is 2.18. The van der Waals surface area contributed by atoms with Gasteiger partial charge in [-0.1, -0.05) is 6.58 Å². The minimum atomic E-state index is -0.650. The fourth-order valence-electron chi connectivity index (χ4n) is 2.69. The van der Waals surface area contributed by atoms with Gasteiger partial charge in [0.2, 0.25) is 5.91 Å². The van der Waals surface area contributed by atoms with Gasteiger partial charge >= 0.3 is 0 Å². The number of hydrogen-bond acceptors (Lipinski definition) is 7. The Bertz CT molecular complexity index is 808. The quantitative estimate of drug-likeness (QED) is 0.429. The lowest BCUT2D eigenvalue weighted by Crippen LogP contribution is -2.47. The molecule has 1 N–H and O–H groups in total. The van der Waals surface area contributed by atoms with Crippen molar-refractivity contribution in [2.45, 2.75) is 64.6 Å². The zero-order valence-corrected chi connectivity index (χ0v) is 16.9. The molecule has 1 saturated heterocycles. The number of carbonyl (C=O) groups excluding carboxylic acids is 3. The maximum Gasteiger partial charge on any atom is 0.282 e. The molecule has 0 radical (unpaired) electrons. The molecule has 0 aromatic carbocycles. The largest absolute Gasteiger partial charge is 0.384 e. The van der Waals surface area contributed by atoms with E-state index in [-0.39, 0.29) is 74.0 Å². The minimum Gasteiger partial charge on any atom is -0.384 e. The molecule has 0 spiro atoms. The van der Waals surface area contributed by atoms with Gasteiger partial charge in [0.25, 0.3) is 17.4 Å². The Hall–Kier alpha value is -2.88. The SMILES string of the molecule is C=C(CC(C)OCC(C)(C)NC(=O)CCn1occc1=O)ON1C(=O)CCC1=O. The number of aromatic nitrogens is 1. The van der Waals surface area contributed by atoms with Crippen LogP contribution >= 0.6 is 0 Å². The van der Waals surface area contributed by atoms with Gasteiger partial charge in [-0.2, -0.15) is 4.74 Å². The first-order chi connectivity index (χ1) is 13.6. The summed E-state index contributed by atoms with van der Waals surface area (Å²) >= 11 is 0. The summed E-state index contributed by atoms with van der Waals surface area (Å²) in [5.41, 5.74) is -0.947. The third-order valence-corrected chi connectivity index (χ3v) is 4.13. The van der Waals surface area contributed by atoms with Crippen molar-refractivity contribution in [2.24, 2.45) is 0 Å². The number of nitrogens with zero attached hydrogens (tertiary/aromatic N) is 2. The molecule has 3 amide bonds. The first-order valence-corrected chi connectivity index (χ1v) is 9.36. The van der Waals surface area contributed by atoms with Crippen LogP contribution in [0.5, 0.6) is 0 Å². The summed E-state index contributed by atoms with van der Waals surface area (Å²) in [6, 6.07) is 1.28. The lowest BCUT2D eigenvalue weighted by Gasteiger charge is -2.28. The molecule has 1 fully saturated rings. The second-order valence-corrected chi connectivity index (χ2v) is 7.57. The maximum absolute atomic E-state index is 12.1. The number of amides is 3. The normalized spacial score (nSPS) is 15.5. The number of carbonyl (C=O) groups is 3. The van der Waals surface area contributed by atoms with Crippen LogP contribution in [-0.4, -0.2) is 45.8 Å². The molecule has 1 aliphatic heterocycles. The van der Waals surface area contributed by atoms with E-state index in [2.05, 4.69) is 11.9 Å². The summed E-state index contributed by atoms with van der Waals surface area (Å²) in [6.45, 7) is 9.50. The predicted octanol–water partition coefficient (Wildman–Crippen LogP) is 1.12. The number of hydroxylamine groups is 2. The molecule has 1 aromatic heterocycles. The van der Waals surface area contributed by atoms with Crippen LogP contribution in [0.25, 0.3) is 0 Å². The number of hydrogen-bond donors (Lipinski definition) is 1. The van der Waals surface area contributed by atoms with Crippen molar-refractivity contribution in [1.29, 1.82) is 0 Å². The van der Waals surface area contributed by atoms with Crippen LogP contribution in [0.4, 0.5) is 0 Å². The van der Waals surface area contributed by atoms with Crippen LogP contribution in [0.2, 0.25) is 0 Å². The van der Waals surface area contributed by atoms with E-state index >= 15 is 0 Å². The van der Waals surface area contributed by atoms with E-state index in [0.717, 1.165) is 9.80 Å². The van der Waals surface area contributed by atoms with E-state index in [1.807, 2.05) is 13.8 Å². The summed E-state index contributed by atoms with van der Waals surface area (Å²) in [4.78, 5) is 51.8. The maximum atomic E-state index is 12.1. The van der Waals surface area contributed by atoms with E-state index in [0.29, 0.717) is 0 Å². The van der Waals surface area contributed by atoms with Gasteiger partial charge in [-0.25, -0.2) is 0 Å². The summed E-state index contributed by atoms with van der Waals surface area (Å²) in [7, 11) is 0. The average molecular weight is 409 g/mol. The zero-order chi connectivity index (χ0) is 21.6. The zero-order valence-electron chi connectivity index (χ0n) is 16.9. The molecule has 1 unspecified atom stereocenters. The number of aryl methyl sites for hydroxylation is 1. The second-order valence-electron chi connectivity index (χ2n) is 7.57. The standard InChI is InChI=1S/C19H27N3O7/c1-13(11-14(2)29-22-17(25)5-6-18(22)26)27-12-19(3,4)20-15(23)7-9-21-16(24)8-10-28-21/h8,10,13H,2,5-7,9,11-12H2,1,3-4H3,(H,20,23). The highest BCUT2D eigenvalue weighted by atomic mass is 16.7. The fourth-order valence-corrected chi connectivity index (χ4v) is 2.69. The van der Waals surface area contributed by atoms with Gasteiger partial charge in [-0.15, -0.1) is 5.06 Å². The van der Waals surface area contributed by atoms with E-state index in [4.69, 9.17) is 14.1 Å². The van der Waals surface area contributed by atoms with Crippen LogP contribution < -0.4 is 10.9 Å². The number of rotatable bonds is 11. The predicted molar refractivity (Wildman–Crippen MR) is 101 cm³/mol. The molecule has 10 heteroatoms. The van der Waals surface area contributed by atoms with Crippen molar-refractivity contribution in [3.05, 3.63) is 35.0 Å². The van der Waals surface area contributed by atoms with Gasteiger partial charge in [-0.3, -0.25) is 19.2 Å². The highest BCUT2D eigenvalue weighted by molar-refractivity contribution is 6.00. The Balaban J connectivity index is 1.71. The molecular formula is C19H27N3O7. The van der Waals surface area contributed by atoms with Crippen molar-refractivity contribution >= 4 is 17.7 Å². The molecule has 1 aromatic rings. The third-order valence-electron chi connectivity index (χ3n) is 4.13. The Labute approximate surface area is 168 Å². The molecule has 160 valence electrons.